The number of carboxylic acid groups (broad SMARTS) is 1. The molecule has 1 N–H and O–H groups in total. The number of nitriles is 1. The van der Waals surface area contributed by atoms with E-state index in [2.05, 4.69) is 6.07 Å². The van der Waals surface area contributed by atoms with Gasteiger partial charge in [0, 0.05) is 42.5 Å². The molecule has 1 atom stereocenters. The Bertz CT molecular complexity index is 943. The number of anilines is 2. The van der Waals surface area contributed by atoms with Gasteiger partial charge in [0.25, 0.3) is 0 Å². The number of fused-ring (bicyclic) bond motifs is 1. The molecule has 2 aromatic carbocycles. The molecule has 2 aromatic rings. The molecule has 0 radical (unpaired) electrons. The van der Waals surface area contributed by atoms with Crippen LogP contribution in [-0.2, 0) is 0 Å². The predicted octanol–water partition coefficient (Wildman–Crippen LogP) is 4.97. The molecule has 29 heavy (non-hydrogen) atoms. The lowest BCUT2D eigenvalue weighted by Gasteiger charge is -2.37. The second-order valence-electron chi connectivity index (χ2n) is 8.34. The third-order valence-electron chi connectivity index (χ3n) is 5.35. The van der Waals surface area contributed by atoms with Crippen molar-refractivity contribution in [1.82, 2.24) is 4.90 Å². The zero-order chi connectivity index (χ0) is 21.2. The van der Waals surface area contributed by atoms with Crippen molar-refractivity contribution in [3.63, 3.8) is 0 Å². The summed E-state index contributed by atoms with van der Waals surface area (Å²) < 4.78 is 5.91. The average molecular weight is 393 g/mol. The Hall–Kier alpha value is -3.20. The van der Waals surface area contributed by atoms with Gasteiger partial charge < -0.3 is 19.6 Å². The minimum Gasteiger partial charge on any atom is -0.493 e. The molecule has 6 nitrogen and oxygen atoms in total. The number of hydrogen-bond donors (Lipinski definition) is 1. The standard InChI is InChI=1S/C23H27N3O3/c1-23(2,3)26(22(27)28)15-17-10-11-29-21-13-19(8-9-20(17)21)25(4)18-7-5-6-16(12-18)14-24/h5-9,12-13,17H,10-11,15H2,1-4H3,(H,27,28)/t17-/m0/s1. The van der Waals surface area contributed by atoms with Crippen molar-refractivity contribution in [2.24, 2.45) is 0 Å². The molecular weight excluding hydrogens is 366 g/mol. The van der Waals surface area contributed by atoms with E-state index in [1.165, 1.54) is 4.90 Å². The molecule has 1 aliphatic rings. The van der Waals surface area contributed by atoms with Gasteiger partial charge in [-0.2, -0.15) is 5.26 Å². The topological polar surface area (TPSA) is 76.8 Å². The highest BCUT2D eigenvalue weighted by atomic mass is 16.5. The number of nitrogens with zero attached hydrogens (tertiary/aromatic N) is 3. The van der Waals surface area contributed by atoms with Crippen LogP contribution in [0.3, 0.4) is 0 Å². The molecule has 0 aromatic heterocycles. The number of ether oxygens (including phenoxy) is 1. The highest BCUT2D eigenvalue weighted by Crippen LogP contribution is 2.38. The van der Waals surface area contributed by atoms with Gasteiger partial charge in [-0.05, 0) is 57.0 Å². The first-order valence-corrected chi connectivity index (χ1v) is 9.72. The summed E-state index contributed by atoms with van der Waals surface area (Å²) in [6.07, 6.45) is -0.119. The van der Waals surface area contributed by atoms with Gasteiger partial charge in [-0.3, -0.25) is 0 Å². The van der Waals surface area contributed by atoms with Crippen molar-refractivity contribution < 1.29 is 14.6 Å². The van der Waals surface area contributed by atoms with Gasteiger partial charge in [0.15, 0.2) is 0 Å². The van der Waals surface area contributed by atoms with E-state index in [-0.39, 0.29) is 5.92 Å². The summed E-state index contributed by atoms with van der Waals surface area (Å²) >= 11 is 0. The molecule has 0 unspecified atom stereocenters. The van der Waals surface area contributed by atoms with Crippen LogP contribution in [0.2, 0.25) is 0 Å². The van der Waals surface area contributed by atoms with E-state index in [4.69, 9.17) is 10.00 Å². The van der Waals surface area contributed by atoms with Crippen LogP contribution in [0.4, 0.5) is 16.2 Å². The van der Waals surface area contributed by atoms with Crippen molar-refractivity contribution in [3.8, 4) is 11.8 Å². The quantitative estimate of drug-likeness (QED) is 0.793. The minimum absolute atomic E-state index is 0.0929. The van der Waals surface area contributed by atoms with E-state index in [1.54, 1.807) is 6.07 Å². The molecule has 1 amide bonds. The van der Waals surface area contributed by atoms with E-state index in [0.717, 1.165) is 29.1 Å². The first-order chi connectivity index (χ1) is 13.7. The fourth-order valence-corrected chi connectivity index (χ4v) is 3.64. The summed E-state index contributed by atoms with van der Waals surface area (Å²) in [6, 6.07) is 15.6. The molecule has 0 spiro atoms. The third kappa shape index (κ3) is 4.45. The summed E-state index contributed by atoms with van der Waals surface area (Å²) in [5.41, 5.74) is 3.05. The molecular formula is C23H27N3O3. The van der Waals surface area contributed by atoms with Crippen molar-refractivity contribution in [2.45, 2.75) is 38.6 Å². The van der Waals surface area contributed by atoms with Crippen molar-refractivity contribution in [2.75, 3.05) is 25.1 Å². The first kappa shape index (κ1) is 20.5. The maximum Gasteiger partial charge on any atom is 0.407 e. The second kappa shape index (κ2) is 8.04. The summed E-state index contributed by atoms with van der Waals surface area (Å²) in [6.45, 7) is 6.74. The molecule has 0 saturated carbocycles. The molecule has 0 fully saturated rings. The van der Waals surface area contributed by atoms with E-state index in [9.17, 15) is 9.90 Å². The fourth-order valence-electron chi connectivity index (χ4n) is 3.64. The van der Waals surface area contributed by atoms with Crippen LogP contribution in [0.1, 0.15) is 44.2 Å². The van der Waals surface area contributed by atoms with Crippen molar-refractivity contribution in [3.05, 3.63) is 53.6 Å². The number of amides is 1. The molecule has 1 heterocycles. The number of benzene rings is 2. The SMILES string of the molecule is CN(c1cccc(C#N)c1)c1ccc2c(c1)OCC[C@H]2CN(C(=O)O)C(C)(C)C. The smallest absolute Gasteiger partial charge is 0.407 e. The van der Waals surface area contributed by atoms with Crippen molar-refractivity contribution in [1.29, 1.82) is 5.26 Å². The molecule has 0 aliphatic carbocycles. The second-order valence-corrected chi connectivity index (χ2v) is 8.34. The highest BCUT2D eigenvalue weighted by molar-refractivity contribution is 5.67. The van der Waals surface area contributed by atoms with E-state index >= 15 is 0 Å². The maximum atomic E-state index is 11.7. The Labute approximate surface area is 171 Å². The zero-order valence-electron chi connectivity index (χ0n) is 17.3. The van der Waals surface area contributed by atoms with Crippen LogP contribution in [0.5, 0.6) is 5.75 Å². The number of hydrogen-bond acceptors (Lipinski definition) is 4. The number of rotatable bonds is 4. The Kier molecular flexibility index (Phi) is 5.69. The van der Waals surface area contributed by atoms with E-state index in [1.807, 2.05) is 69.1 Å². The fraction of sp³-hybridized carbons (Fsp3) is 0.391. The molecule has 0 saturated heterocycles. The zero-order valence-corrected chi connectivity index (χ0v) is 17.3. The van der Waals surface area contributed by atoms with Crippen molar-refractivity contribution >= 4 is 17.5 Å². The molecule has 152 valence electrons. The monoisotopic (exact) mass is 393 g/mol. The van der Waals surface area contributed by atoms with Gasteiger partial charge in [-0.25, -0.2) is 4.79 Å². The van der Waals surface area contributed by atoms with Crippen LogP contribution in [0.25, 0.3) is 0 Å². The number of carbonyl (C=O) groups is 1. The Morgan fingerprint density at radius 1 is 1.24 bits per heavy atom. The van der Waals surface area contributed by atoms with Gasteiger partial charge in [0.05, 0.1) is 18.2 Å². The van der Waals surface area contributed by atoms with Gasteiger partial charge in [0.2, 0.25) is 0 Å². The van der Waals surface area contributed by atoms with Crippen LogP contribution >= 0.6 is 0 Å². The Morgan fingerprint density at radius 3 is 2.62 bits per heavy atom. The summed E-state index contributed by atoms with van der Waals surface area (Å²) in [5, 5.41) is 18.8. The van der Waals surface area contributed by atoms with E-state index < -0.39 is 11.6 Å². The maximum absolute atomic E-state index is 11.7. The largest absolute Gasteiger partial charge is 0.493 e. The predicted molar refractivity (Wildman–Crippen MR) is 113 cm³/mol. The normalized spacial score (nSPS) is 15.6. The first-order valence-electron chi connectivity index (χ1n) is 9.72. The van der Waals surface area contributed by atoms with E-state index in [0.29, 0.717) is 18.7 Å². The average Bonchev–Trinajstić information content (AvgIpc) is 2.69. The van der Waals surface area contributed by atoms with Crippen LogP contribution < -0.4 is 9.64 Å². The summed E-state index contributed by atoms with van der Waals surface area (Å²) in [5.74, 6) is 0.886. The van der Waals surface area contributed by atoms with Crippen LogP contribution in [-0.4, -0.2) is 41.8 Å². The molecule has 1 aliphatic heterocycles. The van der Waals surface area contributed by atoms with Gasteiger partial charge in [-0.1, -0.05) is 12.1 Å². The lowest BCUT2D eigenvalue weighted by molar-refractivity contribution is 0.0912. The Balaban J connectivity index is 1.87. The Morgan fingerprint density at radius 2 is 1.97 bits per heavy atom. The summed E-state index contributed by atoms with van der Waals surface area (Å²) in [7, 11) is 1.95. The highest BCUT2D eigenvalue weighted by Gasteiger charge is 2.32. The molecule has 3 rings (SSSR count). The molecule has 6 heteroatoms. The minimum atomic E-state index is -0.903. The lowest BCUT2D eigenvalue weighted by Crippen LogP contribution is -2.47. The van der Waals surface area contributed by atoms with Gasteiger partial charge >= 0.3 is 6.09 Å². The van der Waals surface area contributed by atoms with Gasteiger partial charge in [0.1, 0.15) is 5.75 Å². The lowest BCUT2D eigenvalue weighted by atomic mass is 9.91. The van der Waals surface area contributed by atoms with Crippen LogP contribution in [0.15, 0.2) is 42.5 Å². The van der Waals surface area contributed by atoms with Gasteiger partial charge in [-0.15, -0.1) is 0 Å². The van der Waals surface area contributed by atoms with Crippen LogP contribution in [0, 0.1) is 11.3 Å². The molecule has 0 bridgehead atoms. The third-order valence-corrected chi connectivity index (χ3v) is 5.35. The summed E-state index contributed by atoms with van der Waals surface area (Å²) in [4.78, 5) is 15.3.